The van der Waals surface area contributed by atoms with Gasteiger partial charge in [-0.1, -0.05) is 6.92 Å². The standard InChI is InChI=1S/C11H15F2N3O/c1-2-7-6-16(3-4-17-7)11-9(13)5-8(12)10(14)15-11/h5,7H,2-4,6H2,1H3,(H2,14,15). The zero-order chi connectivity index (χ0) is 12.4. The average molecular weight is 243 g/mol. The highest BCUT2D eigenvalue weighted by Gasteiger charge is 2.23. The van der Waals surface area contributed by atoms with Crippen molar-refractivity contribution in [3.05, 3.63) is 17.7 Å². The number of hydrogen-bond donors (Lipinski definition) is 1. The highest BCUT2D eigenvalue weighted by Crippen LogP contribution is 2.23. The highest BCUT2D eigenvalue weighted by atomic mass is 19.1. The van der Waals surface area contributed by atoms with E-state index in [-0.39, 0.29) is 17.7 Å². The molecule has 0 bridgehead atoms. The number of rotatable bonds is 2. The molecule has 0 spiro atoms. The van der Waals surface area contributed by atoms with Gasteiger partial charge in [0.2, 0.25) is 0 Å². The first-order valence-electron chi connectivity index (χ1n) is 5.60. The third-order valence-electron chi connectivity index (χ3n) is 2.83. The molecule has 0 saturated carbocycles. The molecular formula is C11H15F2N3O. The lowest BCUT2D eigenvalue weighted by molar-refractivity contribution is 0.0379. The topological polar surface area (TPSA) is 51.4 Å². The van der Waals surface area contributed by atoms with Gasteiger partial charge in [0.1, 0.15) is 0 Å². The number of nitrogens with two attached hydrogens (primary N) is 1. The summed E-state index contributed by atoms with van der Waals surface area (Å²) in [6, 6.07) is 0.772. The Morgan fingerprint density at radius 3 is 3.00 bits per heavy atom. The Morgan fingerprint density at radius 1 is 1.53 bits per heavy atom. The Bertz CT molecular complexity index is 414. The smallest absolute Gasteiger partial charge is 0.168 e. The van der Waals surface area contributed by atoms with E-state index < -0.39 is 11.6 Å². The van der Waals surface area contributed by atoms with E-state index in [0.29, 0.717) is 19.7 Å². The minimum absolute atomic E-state index is 0.0521. The number of anilines is 2. The second-order valence-electron chi connectivity index (χ2n) is 4.01. The Hall–Kier alpha value is -1.43. The molecule has 2 rings (SSSR count). The number of aromatic nitrogens is 1. The molecule has 0 aromatic carbocycles. The van der Waals surface area contributed by atoms with Crippen LogP contribution in [0.15, 0.2) is 6.07 Å². The summed E-state index contributed by atoms with van der Waals surface area (Å²) in [5.74, 6) is -1.69. The zero-order valence-corrected chi connectivity index (χ0v) is 9.62. The third-order valence-corrected chi connectivity index (χ3v) is 2.83. The number of ether oxygens (including phenoxy) is 1. The Balaban J connectivity index is 2.24. The van der Waals surface area contributed by atoms with Crippen LogP contribution in [0.1, 0.15) is 13.3 Å². The van der Waals surface area contributed by atoms with Crippen LogP contribution in [-0.2, 0) is 4.74 Å². The minimum Gasteiger partial charge on any atom is -0.381 e. The van der Waals surface area contributed by atoms with Crippen molar-refractivity contribution in [2.45, 2.75) is 19.4 Å². The summed E-state index contributed by atoms with van der Waals surface area (Å²) in [5.41, 5.74) is 5.35. The van der Waals surface area contributed by atoms with Gasteiger partial charge in [0.15, 0.2) is 23.3 Å². The lowest BCUT2D eigenvalue weighted by atomic mass is 10.2. The van der Waals surface area contributed by atoms with Gasteiger partial charge in [0, 0.05) is 19.2 Å². The summed E-state index contributed by atoms with van der Waals surface area (Å²) in [4.78, 5) is 5.50. The van der Waals surface area contributed by atoms with Crippen molar-refractivity contribution in [2.75, 3.05) is 30.3 Å². The van der Waals surface area contributed by atoms with Crippen molar-refractivity contribution >= 4 is 11.6 Å². The van der Waals surface area contributed by atoms with Gasteiger partial charge < -0.3 is 15.4 Å². The van der Waals surface area contributed by atoms with Gasteiger partial charge >= 0.3 is 0 Å². The summed E-state index contributed by atoms with van der Waals surface area (Å²) in [6.45, 7) is 3.59. The van der Waals surface area contributed by atoms with Crippen molar-refractivity contribution in [1.82, 2.24) is 4.98 Å². The van der Waals surface area contributed by atoms with Crippen LogP contribution in [-0.4, -0.2) is 30.8 Å². The van der Waals surface area contributed by atoms with E-state index in [4.69, 9.17) is 10.5 Å². The van der Waals surface area contributed by atoms with Gasteiger partial charge in [0.25, 0.3) is 0 Å². The molecule has 1 aliphatic rings. The minimum atomic E-state index is -0.827. The molecule has 0 radical (unpaired) electrons. The maximum atomic E-state index is 13.6. The second-order valence-corrected chi connectivity index (χ2v) is 4.01. The molecule has 17 heavy (non-hydrogen) atoms. The molecule has 6 heteroatoms. The van der Waals surface area contributed by atoms with E-state index >= 15 is 0 Å². The molecule has 1 fully saturated rings. The van der Waals surface area contributed by atoms with Gasteiger partial charge in [-0.3, -0.25) is 0 Å². The van der Waals surface area contributed by atoms with Crippen LogP contribution >= 0.6 is 0 Å². The number of halogens is 2. The maximum Gasteiger partial charge on any atom is 0.168 e. The summed E-state index contributed by atoms with van der Waals surface area (Å²) < 4.78 is 32.1. The molecule has 2 N–H and O–H groups in total. The quantitative estimate of drug-likeness (QED) is 0.856. The van der Waals surface area contributed by atoms with Gasteiger partial charge in [0.05, 0.1) is 12.7 Å². The molecule has 1 atom stereocenters. The molecule has 2 heterocycles. The Kier molecular flexibility index (Phi) is 3.42. The van der Waals surface area contributed by atoms with Crippen LogP contribution in [0, 0.1) is 11.6 Å². The van der Waals surface area contributed by atoms with Crippen molar-refractivity contribution in [3.63, 3.8) is 0 Å². The van der Waals surface area contributed by atoms with Crippen molar-refractivity contribution in [3.8, 4) is 0 Å². The van der Waals surface area contributed by atoms with E-state index in [2.05, 4.69) is 4.98 Å². The first-order valence-corrected chi connectivity index (χ1v) is 5.60. The fourth-order valence-corrected chi connectivity index (χ4v) is 1.85. The number of hydrogen-bond acceptors (Lipinski definition) is 4. The second kappa shape index (κ2) is 4.83. The number of pyridine rings is 1. The van der Waals surface area contributed by atoms with E-state index in [1.807, 2.05) is 6.92 Å². The van der Waals surface area contributed by atoms with Crippen LogP contribution in [0.4, 0.5) is 20.4 Å². The summed E-state index contributed by atoms with van der Waals surface area (Å²) in [6.07, 6.45) is 0.894. The molecule has 94 valence electrons. The predicted octanol–water partition coefficient (Wildman–Crippen LogP) is 1.56. The molecule has 1 aromatic rings. The lowest BCUT2D eigenvalue weighted by Crippen LogP contribution is -2.43. The highest BCUT2D eigenvalue weighted by molar-refractivity contribution is 5.47. The van der Waals surface area contributed by atoms with Gasteiger partial charge in [-0.15, -0.1) is 0 Å². The Labute approximate surface area is 98.4 Å². The predicted molar refractivity (Wildman–Crippen MR) is 60.8 cm³/mol. The van der Waals surface area contributed by atoms with E-state index in [1.165, 1.54) is 0 Å². The molecule has 0 amide bonds. The fourth-order valence-electron chi connectivity index (χ4n) is 1.85. The van der Waals surface area contributed by atoms with Crippen LogP contribution in [0.5, 0.6) is 0 Å². The molecule has 1 unspecified atom stereocenters. The normalized spacial score (nSPS) is 20.6. The monoisotopic (exact) mass is 243 g/mol. The molecule has 4 nitrogen and oxygen atoms in total. The third kappa shape index (κ3) is 2.46. The van der Waals surface area contributed by atoms with Crippen LogP contribution in [0.25, 0.3) is 0 Å². The maximum absolute atomic E-state index is 13.6. The first kappa shape index (κ1) is 12.0. The molecule has 1 saturated heterocycles. The zero-order valence-electron chi connectivity index (χ0n) is 9.62. The molecular weight excluding hydrogens is 228 g/mol. The fraction of sp³-hybridized carbons (Fsp3) is 0.545. The molecule has 1 aromatic heterocycles. The van der Waals surface area contributed by atoms with Crippen LogP contribution in [0.3, 0.4) is 0 Å². The van der Waals surface area contributed by atoms with Gasteiger partial charge in [-0.25, -0.2) is 13.8 Å². The lowest BCUT2D eigenvalue weighted by Gasteiger charge is -2.33. The van der Waals surface area contributed by atoms with Crippen molar-refractivity contribution in [2.24, 2.45) is 0 Å². The van der Waals surface area contributed by atoms with Gasteiger partial charge in [-0.05, 0) is 6.42 Å². The van der Waals surface area contributed by atoms with E-state index in [1.54, 1.807) is 4.90 Å². The SMILES string of the molecule is CCC1CN(c2nc(N)c(F)cc2F)CCO1. The first-order chi connectivity index (χ1) is 8.11. The van der Waals surface area contributed by atoms with Crippen LogP contribution in [0.2, 0.25) is 0 Å². The summed E-state index contributed by atoms with van der Waals surface area (Å²) >= 11 is 0. The summed E-state index contributed by atoms with van der Waals surface area (Å²) in [7, 11) is 0. The molecule has 1 aliphatic heterocycles. The van der Waals surface area contributed by atoms with Gasteiger partial charge in [-0.2, -0.15) is 0 Å². The number of morpholine rings is 1. The summed E-state index contributed by atoms with van der Waals surface area (Å²) in [5, 5.41) is 0. The van der Waals surface area contributed by atoms with Crippen LogP contribution < -0.4 is 10.6 Å². The van der Waals surface area contributed by atoms with E-state index in [9.17, 15) is 8.78 Å². The van der Waals surface area contributed by atoms with Crippen molar-refractivity contribution in [1.29, 1.82) is 0 Å². The Morgan fingerprint density at radius 2 is 2.29 bits per heavy atom. The largest absolute Gasteiger partial charge is 0.381 e. The van der Waals surface area contributed by atoms with E-state index in [0.717, 1.165) is 12.5 Å². The average Bonchev–Trinajstić information content (AvgIpc) is 2.34. The number of nitrogen functional groups attached to an aromatic ring is 1. The number of nitrogens with zero attached hydrogens (tertiary/aromatic N) is 2. The van der Waals surface area contributed by atoms with Crippen molar-refractivity contribution < 1.29 is 13.5 Å². The molecule has 0 aliphatic carbocycles.